The second-order valence-electron chi connectivity index (χ2n) is 10.2. The van der Waals surface area contributed by atoms with Crippen molar-refractivity contribution >= 4 is 40.8 Å². The molecule has 2 N–H and O–H groups in total. The first kappa shape index (κ1) is 25.0. The SMILES string of the molecule is C[Si](C)(C)ONC(=O)[C@H]1Cc2c([nH]c3ccccc23)CN1S(=O)(=O)c1ccc(N2CCOCC2)cc1. The van der Waals surface area contributed by atoms with Gasteiger partial charge in [-0.2, -0.15) is 4.31 Å². The molecule has 0 aliphatic carbocycles. The number of hydrogen-bond donors (Lipinski definition) is 2. The van der Waals surface area contributed by atoms with Gasteiger partial charge in [-0.15, -0.1) is 0 Å². The Morgan fingerprint density at radius 2 is 1.78 bits per heavy atom. The number of amides is 1. The summed E-state index contributed by atoms with van der Waals surface area (Å²) in [5, 5.41) is 1.00. The van der Waals surface area contributed by atoms with E-state index in [1.165, 1.54) is 4.31 Å². The first-order valence-corrected chi connectivity index (χ1v) is 17.0. The highest BCUT2D eigenvalue weighted by molar-refractivity contribution is 7.89. The van der Waals surface area contributed by atoms with Crippen LogP contribution in [0.3, 0.4) is 0 Å². The van der Waals surface area contributed by atoms with Crippen molar-refractivity contribution in [2.24, 2.45) is 0 Å². The first-order valence-electron chi connectivity index (χ1n) is 12.1. The largest absolute Gasteiger partial charge is 0.378 e. The molecule has 1 atom stereocenters. The highest BCUT2D eigenvalue weighted by Crippen LogP contribution is 2.34. The molecule has 0 unspecified atom stereocenters. The topological polar surface area (TPSA) is 104 Å². The Labute approximate surface area is 212 Å². The lowest BCUT2D eigenvalue weighted by molar-refractivity contribution is -0.132. The Balaban J connectivity index is 1.48. The number of rotatable bonds is 6. The number of nitrogens with one attached hydrogen (secondary N) is 2. The number of hydroxylamine groups is 1. The summed E-state index contributed by atoms with van der Waals surface area (Å²) in [6.07, 6.45) is 0.255. The molecule has 1 saturated heterocycles. The number of anilines is 1. The fourth-order valence-electron chi connectivity index (χ4n) is 4.72. The smallest absolute Gasteiger partial charge is 0.261 e. The molecule has 0 saturated carbocycles. The zero-order valence-corrected chi connectivity index (χ0v) is 22.6. The van der Waals surface area contributed by atoms with Gasteiger partial charge in [-0.25, -0.2) is 13.9 Å². The summed E-state index contributed by atoms with van der Waals surface area (Å²) in [6.45, 7) is 8.77. The predicted octanol–water partition coefficient (Wildman–Crippen LogP) is 3.00. The van der Waals surface area contributed by atoms with Crippen LogP contribution in [0.15, 0.2) is 53.4 Å². The second-order valence-corrected chi connectivity index (χ2v) is 16.5. The molecular weight excluding hydrogens is 496 g/mol. The monoisotopic (exact) mass is 528 g/mol. The lowest BCUT2D eigenvalue weighted by atomic mass is 9.98. The van der Waals surface area contributed by atoms with Crippen LogP contribution in [-0.4, -0.2) is 64.3 Å². The number of morpholine rings is 1. The summed E-state index contributed by atoms with van der Waals surface area (Å²) >= 11 is 0. The van der Waals surface area contributed by atoms with Crippen LogP contribution in [0, 0.1) is 0 Å². The number of fused-ring (bicyclic) bond motifs is 3. The Bertz CT molecular complexity index is 1360. The molecule has 11 heteroatoms. The average molecular weight is 529 g/mol. The molecule has 1 amide bonds. The third-order valence-electron chi connectivity index (χ3n) is 6.54. The molecule has 1 fully saturated rings. The number of ether oxygens (including phenoxy) is 1. The van der Waals surface area contributed by atoms with Crippen molar-refractivity contribution in [2.45, 2.75) is 43.5 Å². The molecule has 192 valence electrons. The van der Waals surface area contributed by atoms with Gasteiger partial charge in [0.1, 0.15) is 6.04 Å². The van der Waals surface area contributed by atoms with Crippen molar-refractivity contribution in [2.75, 3.05) is 31.2 Å². The van der Waals surface area contributed by atoms with E-state index in [1.54, 1.807) is 12.1 Å². The van der Waals surface area contributed by atoms with Gasteiger partial charge in [0.15, 0.2) is 0 Å². The number of benzene rings is 2. The van der Waals surface area contributed by atoms with Crippen molar-refractivity contribution in [3.63, 3.8) is 0 Å². The molecule has 0 bridgehead atoms. The van der Waals surface area contributed by atoms with E-state index in [2.05, 4.69) is 15.4 Å². The molecule has 3 heterocycles. The van der Waals surface area contributed by atoms with E-state index >= 15 is 0 Å². The Morgan fingerprint density at radius 3 is 2.47 bits per heavy atom. The van der Waals surface area contributed by atoms with E-state index in [-0.39, 0.29) is 17.9 Å². The highest BCUT2D eigenvalue weighted by atomic mass is 32.2. The highest BCUT2D eigenvalue weighted by Gasteiger charge is 2.41. The Kier molecular flexibility index (Phi) is 6.68. The summed E-state index contributed by atoms with van der Waals surface area (Å²) in [5.74, 6) is -0.457. The van der Waals surface area contributed by atoms with Gasteiger partial charge in [-0.05, 0) is 55.5 Å². The number of H-pyrrole nitrogens is 1. The lowest BCUT2D eigenvalue weighted by Crippen LogP contribution is -2.53. The van der Waals surface area contributed by atoms with Crippen molar-refractivity contribution in [3.05, 3.63) is 59.8 Å². The van der Waals surface area contributed by atoms with Crippen LogP contribution in [0.1, 0.15) is 11.3 Å². The third kappa shape index (κ3) is 4.93. The molecule has 36 heavy (non-hydrogen) atoms. The van der Waals surface area contributed by atoms with Crippen LogP contribution in [-0.2, 0) is 37.0 Å². The quantitative estimate of drug-likeness (QED) is 0.377. The van der Waals surface area contributed by atoms with Crippen molar-refractivity contribution < 1.29 is 22.5 Å². The maximum atomic E-state index is 13.9. The van der Waals surface area contributed by atoms with E-state index in [0.29, 0.717) is 13.2 Å². The van der Waals surface area contributed by atoms with Crippen LogP contribution >= 0.6 is 0 Å². The maximum Gasteiger partial charge on any atom is 0.261 e. The summed E-state index contributed by atoms with van der Waals surface area (Å²) in [6, 6.07) is 13.8. The van der Waals surface area contributed by atoms with Gasteiger partial charge >= 0.3 is 0 Å². The molecule has 1 aromatic heterocycles. The summed E-state index contributed by atoms with van der Waals surface area (Å²) in [4.78, 5) is 19.0. The molecule has 0 radical (unpaired) electrons. The molecule has 2 aliphatic rings. The Morgan fingerprint density at radius 1 is 1.08 bits per heavy atom. The minimum Gasteiger partial charge on any atom is -0.378 e. The minimum absolute atomic E-state index is 0.0720. The van der Waals surface area contributed by atoms with E-state index < -0.39 is 30.3 Å². The number of para-hydroxylation sites is 1. The van der Waals surface area contributed by atoms with Crippen LogP contribution in [0.5, 0.6) is 0 Å². The van der Waals surface area contributed by atoms with Crippen LogP contribution in [0.2, 0.25) is 19.6 Å². The number of aromatic amines is 1. The summed E-state index contributed by atoms with van der Waals surface area (Å²) < 4.78 is 40.1. The zero-order chi connectivity index (χ0) is 25.5. The maximum absolute atomic E-state index is 13.9. The van der Waals surface area contributed by atoms with Crippen molar-refractivity contribution in [1.29, 1.82) is 0 Å². The van der Waals surface area contributed by atoms with E-state index in [1.807, 2.05) is 56.0 Å². The molecular formula is C25H32N4O5SSi. The third-order valence-corrected chi connectivity index (χ3v) is 9.12. The zero-order valence-electron chi connectivity index (χ0n) is 20.8. The fraction of sp³-hybridized carbons (Fsp3) is 0.400. The number of nitrogens with zero attached hydrogens (tertiary/aromatic N) is 2. The molecule has 5 rings (SSSR count). The van der Waals surface area contributed by atoms with Gasteiger partial charge in [0.2, 0.25) is 18.3 Å². The van der Waals surface area contributed by atoms with Crippen LogP contribution in [0.25, 0.3) is 10.9 Å². The van der Waals surface area contributed by atoms with Gasteiger partial charge in [0.25, 0.3) is 5.91 Å². The fourth-order valence-corrected chi connectivity index (χ4v) is 6.68. The molecule has 9 nitrogen and oxygen atoms in total. The Hall–Kier alpha value is -2.70. The standard InChI is InChI=1S/C25H32N4O5SSi/c1-36(2,3)34-27-25(30)24-16-21-20-6-4-5-7-22(20)26-23(21)17-29(24)35(31,32)19-10-8-18(9-11-19)28-12-14-33-15-13-28/h4-11,24,26H,12-17H2,1-3H3,(H,27,30)/t24-/m1/s1. The molecule has 2 aromatic carbocycles. The molecule has 0 spiro atoms. The average Bonchev–Trinajstić information content (AvgIpc) is 3.24. The van der Waals surface area contributed by atoms with E-state index in [9.17, 15) is 13.2 Å². The summed E-state index contributed by atoms with van der Waals surface area (Å²) in [7, 11) is -6.03. The lowest BCUT2D eigenvalue weighted by Gasteiger charge is -2.34. The first-order chi connectivity index (χ1) is 17.1. The normalized spacial score (nSPS) is 19.3. The van der Waals surface area contributed by atoms with Gasteiger partial charge < -0.3 is 19.1 Å². The van der Waals surface area contributed by atoms with Crippen molar-refractivity contribution in [3.8, 4) is 0 Å². The molecule has 2 aliphatic heterocycles. The predicted molar refractivity (Wildman–Crippen MR) is 141 cm³/mol. The van der Waals surface area contributed by atoms with Gasteiger partial charge in [-0.3, -0.25) is 4.79 Å². The van der Waals surface area contributed by atoms with E-state index in [0.717, 1.165) is 40.9 Å². The number of carbonyl (C=O) groups excluding carboxylic acids is 1. The number of carbonyl (C=O) groups is 1. The summed E-state index contributed by atoms with van der Waals surface area (Å²) in [5.41, 5.74) is 6.20. The van der Waals surface area contributed by atoms with Gasteiger partial charge in [0, 0.05) is 41.8 Å². The van der Waals surface area contributed by atoms with Gasteiger partial charge in [-0.1, -0.05) is 18.2 Å². The number of aromatic nitrogens is 1. The minimum atomic E-state index is -3.97. The van der Waals surface area contributed by atoms with Crippen molar-refractivity contribution in [1.82, 2.24) is 14.8 Å². The molecule has 3 aromatic rings. The second kappa shape index (κ2) is 9.64. The van der Waals surface area contributed by atoms with Gasteiger partial charge in [0.05, 0.1) is 24.7 Å². The number of hydrogen-bond acceptors (Lipinski definition) is 6. The van der Waals surface area contributed by atoms with E-state index in [4.69, 9.17) is 9.26 Å². The van der Waals surface area contributed by atoms with Crippen LogP contribution < -0.4 is 10.4 Å². The number of sulfonamides is 1. The van der Waals surface area contributed by atoms with Crippen LogP contribution in [0.4, 0.5) is 5.69 Å².